The quantitative estimate of drug-likeness (QED) is 0.847. The van der Waals surface area contributed by atoms with E-state index in [9.17, 15) is 4.79 Å². The Labute approximate surface area is 126 Å². The molecule has 0 spiro atoms. The SMILES string of the molecule is CCN(CC)c1ccc(NC(=O)CCn2cccc2)cc1. The molecule has 0 bridgehead atoms. The van der Waals surface area contributed by atoms with Crippen molar-refractivity contribution in [2.45, 2.75) is 26.8 Å². The molecule has 1 heterocycles. The van der Waals surface area contributed by atoms with Crippen LogP contribution in [0.1, 0.15) is 20.3 Å². The van der Waals surface area contributed by atoms with Crippen LogP contribution in [-0.4, -0.2) is 23.6 Å². The summed E-state index contributed by atoms with van der Waals surface area (Å²) in [5.74, 6) is 0.0410. The summed E-state index contributed by atoms with van der Waals surface area (Å²) in [5.41, 5.74) is 2.04. The first kappa shape index (κ1) is 15.2. The second-order valence-corrected chi connectivity index (χ2v) is 4.94. The van der Waals surface area contributed by atoms with Crippen molar-refractivity contribution in [3.63, 3.8) is 0 Å². The van der Waals surface area contributed by atoms with Crippen molar-refractivity contribution in [3.8, 4) is 0 Å². The predicted molar refractivity (Wildman–Crippen MR) is 87.7 cm³/mol. The van der Waals surface area contributed by atoms with Crippen molar-refractivity contribution in [1.82, 2.24) is 4.57 Å². The van der Waals surface area contributed by atoms with Crippen LogP contribution in [0, 0.1) is 0 Å². The molecule has 0 fully saturated rings. The van der Waals surface area contributed by atoms with E-state index in [0.29, 0.717) is 13.0 Å². The van der Waals surface area contributed by atoms with Crippen molar-refractivity contribution in [2.24, 2.45) is 0 Å². The van der Waals surface area contributed by atoms with Gasteiger partial charge in [-0.15, -0.1) is 0 Å². The van der Waals surface area contributed by atoms with Gasteiger partial charge in [0.2, 0.25) is 5.91 Å². The number of hydrogen-bond acceptors (Lipinski definition) is 2. The first-order valence-corrected chi connectivity index (χ1v) is 7.48. The molecule has 0 aliphatic rings. The van der Waals surface area contributed by atoms with E-state index in [4.69, 9.17) is 0 Å². The van der Waals surface area contributed by atoms with E-state index in [1.807, 2.05) is 41.2 Å². The van der Waals surface area contributed by atoms with E-state index >= 15 is 0 Å². The van der Waals surface area contributed by atoms with Gasteiger partial charge in [-0.2, -0.15) is 0 Å². The average molecular weight is 285 g/mol. The number of nitrogens with zero attached hydrogens (tertiary/aromatic N) is 2. The average Bonchev–Trinajstić information content (AvgIpc) is 3.01. The lowest BCUT2D eigenvalue weighted by Crippen LogP contribution is -2.21. The lowest BCUT2D eigenvalue weighted by molar-refractivity contribution is -0.116. The Morgan fingerprint density at radius 3 is 2.29 bits per heavy atom. The zero-order valence-corrected chi connectivity index (χ0v) is 12.7. The third-order valence-electron chi connectivity index (χ3n) is 3.54. The van der Waals surface area contributed by atoms with Gasteiger partial charge in [-0.3, -0.25) is 4.79 Å². The van der Waals surface area contributed by atoms with Crippen molar-refractivity contribution in [2.75, 3.05) is 23.3 Å². The van der Waals surface area contributed by atoms with Gasteiger partial charge in [-0.1, -0.05) is 0 Å². The van der Waals surface area contributed by atoms with Crippen LogP contribution in [0.5, 0.6) is 0 Å². The van der Waals surface area contributed by atoms with Crippen molar-refractivity contribution >= 4 is 17.3 Å². The Morgan fingerprint density at radius 2 is 1.71 bits per heavy atom. The maximum absolute atomic E-state index is 11.9. The maximum Gasteiger partial charge on any atom is 0.226 e. The Hall–Kier alpha value is -2.23. The molecule has 2 rings (SSSR count). The van der Waals surface area contributed by atoms with E-state index in [-0.39, 0.29) is 5.91 Å². The second-order valence-electron chi connectivity index (χ2n) is 4.94. The summed E-state index contributed by atoms with van der Waals surface area (Å²) < 4.78 is 2.00. The molecule has 0 aliphatic carbocycles. The standard InChI is InChI=1S/C17H23N3O/c1-3-20(4-2)16-9-7-15(8-10-16)18-17(21)11-14-19-12-5-6-13-19/h5-10,12-13H,3-4,11,14H2,1-2H3,(H,18,21). The largest absolute Gasteiger partial charge is 0.372 e. The molecule has 1 aromatic heterocycles. The number of aromatic nitrogens is 1. The number of carbonyl (C=O) groups excluding carboxylic acids is 1. The number of rotatable bonds is 7. The molecular weight excluding hydrogens is 262 g/mol. The second kappa shape index (κ2) is 7.53. The minimum Gasteiger partial charge on any atom is -0.372 e. The Kier molecular flexibility index (Phi) is 5.43. The minimum atomic E-state index is 0.0410. The summed E-state index contributed by atoms with van der Waals surface area (Å²) in [5, 5.41) is 2.94. The van der Waals surface area contributed by atoms with Crippen LogP contribution in [-0.2, 0) is 11.3 Å². The first-order valence-electron chi connectivity index (χ1n) is 7.48. The summed E-state index contributed by atoms with van der Waals surface area (Å²) in [6.45, 7) is 6.95. The fourth-order valence-corrected chi connectivity index (χ4v) is 2.32. The monoisotopic (exact) mass is 285 g/mol. The van der Waals surface area contributed by atoms with E-state index in [1.54, 1.807) is 0 Å². The Morgan fingerprint density at radius 1 is 1.10 bits per heavy atom. The van der Waals surface area contributed by atoms with Crippen LogP contribution in [0.2, 0.25) is 0 Å². The third kappa shape index (κ3) is 4.38. The maximum atomic E-state index is 11.9. The summed E-state index contributed by atoms with van der Waals surface area (Å²) in [6, 6.07) is 11.9. The van der Waals surface area contributed by atoms with E-state index in [0.717, 1.165) is 18.8 Å². The van der Waals surface area contributed by atoms with Gasteiger partial charge in [0.25, 0.3) is 0 Å². The molecule has 0 saturated heterocycles. The van der Waals surface area contributed by atoms with E-state index < -0.39 is 0 Å². The lowest BCUT2D eigenvalue weighted by atomic mass is 10.2. The highest BCUT2D eigenvalue weighted by Gasteiger charge is 2.04. The molecule has 1 amide bonds. The number of carbonyl (C=O) groups is 1. The van der Waals surface area contributed by atoms with Crippen LogP contribution in [0.15, 0.2) is 48.8 Å². The van der Waals surface area contributed by atoms with E-state index in [2.05, 4.69) is 36.2 Å². The molecule has 2 aromatic rings. The highest BCUT2D eigenvalue weighted by molar-refractivity contribution is 5.90. The van der Waals surface area contributed by atoms with Crippen molar-refractivity contribution in [1.29, 1.82) is 0 Å². The summed E-state index contributed by atoms with van der Waals surface area (Å²) in [4.78, 5) is 14.2. The van der Waals surface area contributed by atoms with Gasteiger partial charge >= 0.3 is 0 Å². The summed E-state index contributed by atoms with van der Waals surface area (Å²) >= 11 is 0. The summed E-state index contributed by atoms with van der Waals surface area (Å²) in [6.07, 6.45) is 4.41. The molecule has 4 heteroatoms. The molecule has 21 heavy (non-hydrogen) atoms. The highest BCUT2D eigenvalue weighted by Crippen LogP contribution is 2.17. The number of benzene rings is 1. The topological polar surface area (TPSA) is 37.3 Å². The molecule has 1 aromatic carbocycles. The number of nitrogens with one attached hydrogen (secondary N) is 1. The Balaban J connectivity index is 1.86. The zero-order valence-electron chi connectivity index (χ0n) is 12.7. The number of hydrogen-bond donors (Lipinski definition) is 1. The number of anilines is 2. The lowest BCUT2D eigenvalue weighted by Gasteiger charge is -2.21. The highest BCUT2D eigenvalue weighted by atomic mass is 16.1. The fraction of sp³-hybridized carbons (Fsp3) is 0.353. The molecule has 1 N–H and O–H groups in total. The van der Waals surface area contributed by atoms with Crippen LogP contribution in [0.3, 0.4) is 0 Å². The predicted octanol–water partition coefficient (Wildman–Crippen LogP) is 3.36. The van der Waals surface area contributed by atoms with Crippen LogP contribution in [0.4, 0.5) is 11.4 Å². The number of amides is 1. The van der Waals surface area contributed by atoms with Crippen LogP contribution >= 0.6 is 0 Å². The van der Waals surface area contributed by atoms with Crippen LogP contribution in [0.25, 0.3) is 0 Å². The fourth-order valence-electron chi connectivity index (χ4n) is 2.32. The third-order valence-corrected chi connectivity index (χ3v) is 3.54. The van der Waals surface area contributed by atoms with Gasteiger partial charge in [0.15, 0.2) is 0 Å². The minimum absolute atomic E-state index is 0.0410. The molecule has 112 valence electrons. The van der Waals surface area contributed by atoms with Gasteiger partial charge in [-0.05, 0) is 50.2 Å². The normalized spacial score (nSPS) is 10.4. The molecule has 0 unspecified atom stereocenters. The molecule has 0 saturated carbocycles. The van der Waals surface area contributed by atoms with Crippen molar-refractivity contribution < 1.29 is 4.79 Å². The molecule has 0 aliphatic heterocycles. The number of aryl methyl sites for hydroxylation is 1. The summed E-state index contributed by atoms with van der Waals surface area (Å²) in [7, 11) is 0. The van der Waals surface area contributed by atoms with Gasteiger partial charge in [0.05, 0.1) is 0 Å². The van der Waals surface area contributed by atoms with Gasteiger partial charge < -0.3 is 14.8 Å². The smallest absolute Gasteiger partial charge is 0.226 e. The molecule has 0 atom stereocenters. The van der Waals surface area contributed by atoms with Crippen molar-refractivity contribution in [3.05, 3.63) is 48.8 Å². The molecular formula is C17H23N3O. The zero-order chi connectivity index (χ0) is 15.1. The molecule has 4 nitrogen and oxygen atoms in total. The van der Waals surface area contributed by atoms with Gasteiger partial charge in [-0.25, -0.2) is 0 Å². The van der Waals surface area contributed by atoms with Gasteiger partial charge in [0.1, 0.15) is 0 Å². The van der Waals surface area contributed by atoms with E-state index in [1.165, 1.54) is 5.69 Å². The first-order chi connectivity index (χ1) is 10.2. The van der Waals surface area contributed by atoms with Crippen LogP contribution < -0.4 is 10.2 Å². The molecule has 0 radical (unpaired) electrons. The van der Waals surface area contributed by atoms with Gasteiger partial charge in [0, 0.05) is 49.8 Å². The Bertz CT molecular complexity index is 542.